The lowest BCUT2D eigenvalue weighted by Crippen LogP contribution is -1.93. The molecule has 0 spiro atoms. The van der Waals surface area contributed by atoms with Crippen LogP contribution in [0.5, 0.6) is 11.6 Å². The fraction of sp³-hybridized carbons (Fsp3) is 0.0833. The number of nitrogens with zero attached hydrogens (tertiary/aromatic N) is 4. The number of rotatable bonds is 2. The van der Waals surface area contributed by atoms with Crippen LogP contribution in [0.25, 0.3) is 5.52 Å². The van der Waals surface area contributed by atoms with E-state index in [4.69, 9.17) is 4.74 Å². The predicted molar refractivity (Wildman–Crippen MR) is 62.0 cm³/mol. The molecule has 0 amide bonds. The van der Waals surface area contributed by atoms with Gasteiger partial charge in [0.2, 0.25) is 5.88 Å². The van der Waals surface area contributed by atoms with Crippen molar-refractivity contribution in [2.45, 2.75) is 6.92 Å². The monoisotopic (exact) mass is 226 g/mol. The highest BCUT2D eigenvalue weighted by Crippen LogP contribution is 2.19. The summed E-state index contributed by atoms with van der Waals surface area (Å²) in [6.45, 7) is 1.88. The fourth-order valence-corrected chi connectivity index (χ4v) is 1.52. The molecule has 0 aliphatic carbocycles. The Balaban J connectivity index is 1.91. The predicted octanol–water partition coefficient (Wildman–Crippen LogP) is 2.23. The molecule has 3 rings (SSSR count). The van der Waals surface area contributed by atoms with Crippen LogP contribution < -0.4 is 4.74 Å². The van der Waals surface area contributed by atoms with Gasteiger partial charge in [0.1, 0.15) is 5.75 Å². The maximum absolute atomic E-state index is 5.58. The number of aromatic nitrogens is 4. The minimum Gasteiger partial charge on any atom is -0.436 e. The van der Waals surface area contributed by atoms with E-state index in [-0.39, 0.29) is 0 Å². The van der Waals surface area contributed by atoms with Crippen molar-refractivity contribution in [3.63, 3.8) is 0 Å². The Morgan fingerprint density at radius 3 is 2.82 bits per heavy atom. The summed E-state index contributed by atoms with van der Waals surface area (Å²) < 4.78 is 7.32. The molecule has 0 atom stereocenters. The molecule has 0 aliphatic rings. The van der Waals surface area contributed by atoms with Crippen LogP contribution in [-0.2, 0) is 0 Å². The first kappa shape index (κ1) is 9.77. The lowest BCUT2D eigenvalue weighted by Gasteiger charge is -2.04. The molecule has 84 valence electrons. The number of hydrogen-bond donors (Lipinski definition) is 0. The molecule has 0 radical (unpaired) electrons. The Hall–Kier alpha value is -2.43. The highest BCUT2D eigenvalue weighted by Gasteiger charge is 2.01. The third-order valence-corrected chi connectivity index (χ3v) is 2.36. The molecular weight excluding hydrogens is 216 g/mol. The lowest BCUT2D eigenvalue weighted by molar-refractivity contribution is 0.451. The molecule has 5 nitrogen and oxygen atoms in total. The molecule has 17 heavy (non-hydrogen) atoms. The van der Waals surface area contributed by atoms with Crippen LogP contribution in [0.15, 0.2) is 42.7 Å². The summed E-state index contributed by atoms with van der Waals surface area (Å²) in [7, 11) is 0. The van der Waals surface area contributed by atoms with Gasteiger partial charge in [-0.15, -0.1) is 5.10 Å². The number of fused-ring (bicyclic) bond motifs is 1. The first-order chi connectivity index (χ1) is 8.31. The van der Waals surface area contributed by atoms with Crippen molar-refractivity contribution < 1.29 is 4.74 Å². The van der Waals surface area contributed by atoms with Crippen LogP contribution in [0.1, 0.15) is 5.69 Å². The molecule has 0 saturated heterocycles. The molecule has 0 fully saturated rings. The molecule has 3 aromatic heterocycles. The third-order valence-electron chi connectivity index (χ3n) is 2.36. The van der Waals surface area contributed by atoms with E-state index in [1.165, 1.54) is 0 Å². The second-order valence-corrected chi connectivity index (χ2v) is 3.68. The van der Waals surface area contributed by atoms with Crippen LogP contribution in [0.3, 0.4) is 0 Å². The van der Waals surface area contributed by atoms with Gasteiger partial charge in [-0.2, -0.15) is 10.2 Å². The van der Waals surface area contributed by atoms with E-state index in [0.717, 1.165) is 11.2 Å². The van der Waals surface area contributed by atoms with Gasteiger partial charge in [0.15, 0.2) is 0 Å². The molecular formula is C12H10N4O. The van der Waals surface area contributed by atoms with E-state index < -0.39 is 0 Å². The Kier molecular flexibility index (Phi) is 2.22. The van der Waals surface area contributed by atoms with Gasteiger partial charge >= 0.3 is 0 Å². The maximum Gasteiger partial charge on any atom is 0.238 e. The third kappa shape index (κ3) is 1.94. The molecule has 0 saturated carbocycles. The smallest absolute Gasteiger partial charge is 0.238 e. The Morgan fingerprint density at radius 1 is 1.06 bits per heavy atom. The quantitative estimate of drug-likeness (QED) is 0.672. The molecule has 0 bridgehead atoms. The second-order valence-electron chi connectivity index (χ2n) is 3.68. The van der Waals surface area contributed by atoms with Crippen molar-refractivity contribution in [3.05, 3.63) is 48.4 Å². The SMILES string of the molecule is Cc1ccc(Oc2ccc3ccnn3c2)nn1. The molecule has 0 unspecified atom stereocenters. The van der Waals surface area contributed by atoms with Crippen molar-refractivity contribution in [1.82, 2.24) is 19.8 Å². The van der Waals surface area contributed by atoms with Gasteiger partial charge in [-0.05, 0) is 31.2 Å². The zero-order valence-electron chi connectivity index (χ0n) is 9.24. The Bertz CT molecular complexity index is 645. The van der Waals surface area contributed by atoms with Gasteiger partial charge in [0.25, 0.3) is 0 Å². The first-order valence-electron chi connectivity index (χ1n) is 5.23. The van der Waals surface area contributed by atoms with E-state index >= 15 is 0 Å². The van der Waals surface area contributed by atoms with Gasteiger partial charge in [-0.25, -0.2) is 4.52 Å². The Morgan fingerprint density at radius 2 is 2.00 bits per heavy atom. The van der Waals surface area contributed by atoms with Crippen molar-refractivity contribution in [2.75, 3.05) is 0 Å². The van der Waals surface area contributed by atoms with Gasteiger partial charge in [0.05, 0.1) is 17.4 Å². The van der Waals surface area contributed by atoms with Gasteiger partial charge in [0, 0.05) is 12.3 Å². The largest absolute Gasteiger partial charge is 0.436 e. The molecule has 0 N–H and O–H groups in total. The van der Waals surface area contributed by atoms with E-state index in [2.05, 4.69) is 15.3 Å². The summed E-state index contributed by atoms with van der Waals surface area (Å²) >= 11 is 0. The zero-order chi connectivity index (χ0) is 11.7. The lowest BCUT2D eigenvalue weighted by atomic mass is 10.4. The summed E-state index contributed by atoms with van der Waals surface area (Å²) in [5, 5.41) is 12.0. The zero-order valence-corrected chi connectivity index (χ0v) is 9.24. The van der Waals surface area contributed by atoms with Crippen LogP contribution in [0, 0.1) is 6.92 Å². The van der Waals surface area contributed by atoms with Gasteiger partial charge in [-0.3, -0.25) is 0 Å². The number of hydrogen-bond acceptors (Lipinski definition) is 4. The van der Waals surface area contributed by atoms with Crippen molar-refractivity contribution in [1.29, 1.82) is 0 Å². The van der Waals surface area contributed by atoms with E-state index in [0.29, 0.717) is 11.6 Å². The van der Waals surface area contributed by atoms with Crippen molar-refractivity contribution in [3.8, 4) is 11.6 Å². The van der Waals surface area contributed by atoms with E-state index in [9.17, 15) is 0 Å². The van der Waals surface area contributed by atoms with Crippen LogP contribution in [-0.4, -0.2) is 19.8 Å². The van der Waals surface area contributed by atoms with Crippen molar-refractivity contribution >= 4 is 5.52 Å². The number of pyridine rings is 1. The summed E-state index contributed by atoms with van der Waals surface area (Å²) in [6, 6.07) is 9.38. The second kappa shape index (κ2) is 3.86. The summed E-state index contributed by atoms with van der Waals surface area (Å²) in [5.74, 6) is 1.15. The molecule has 0 aliphatic heterocycles. The topological polar surface area (TPSA) is 52.3 Å². The van der Waals surface area contributed by atoms with Gasteiger partial charge in [-0.1, -0.05) is 0 Å². The highest BCUT2D eigenvalue weighted by molar-refractivity contribution is 5.47. The number of aryl methyl sites for hydroxylation is 1. The normalized spacial score (nSPS) is 10.6. The minimum absolute atomic E-state index is 0.474. The van der Waals surface area contributed by atoms with Crippen LogP contribution in [0.2, 0.25) is 0 Å². The first-order valence-corrected chi connectivity index (χ1v) is 5.23. The molecule has 5 heteroatoms. The van der Waals surface area contributed by atoms with Crippen LogP contribution >= 0.6 is 0 Å². The summed E-state index contributed by atoms with van der Waals surface area (Å²) in [4.78, 5) is 0. The van der Waals surface area contributed by atoms with E-state index in [1.54, 1.807) is 23.0 Å². The summed E-state index contributed by atoms with van der Waals surface area (Å²) in [6.07, 6.45) is 3.54. The van der Waals surface area contributed by atoms with Gasteiger partial charge < -0.3 is 4.74 Å². The number of ether oxygens (including phenoxy) is 1. The maximum atomic E-state index is 5.58. The molecule has 3 aromatic rings. The van der Waals surface area contributed by atoms with Crippen molar-refractivity contribution in [2.24, 2.45) is 0 Å². The van der Waals surface area contributed by atoms with E-state index in [1.807, 2.05) is 31.2 Å². The minimum atomic E-state index is 0.474. The standard InChI is InChI=1S/C12H10N4O/c1-9-2-5-12(15-14-9)17-11-4-3-10-6-7-13-16(10)8-11/h2-8H,1H3. The summed E-state index contributed by atoms with van der Waals surface area (Å²) in [5.41, 5.74) is 1.88. The van der Waals surface area contributed by atoms with Crippen LogP contribution in [0.4, 0.5) is 0 Å². The molecule has 3 heterocycles. The molecule has 0 aromatic carbocycles. The fourth-order valence-electron chi connectivity index (χ4n) is 1.52. The Labute approximate surface area is 97.7 Å². The average Bonchev–Trinajstić information content (AvgIpc) is 2.79. The average molecular weight is 226 g/mol. The highest BCUT2D eigenvalue weighted by atomic mass is 16.5.